The lowest BCUT2D eigenvalue weighted by molar-refractivity contribution is -0.150. The van der Waals surface area contributed by atoms with E-state index in [2.05, 4.69) is 11.9 Å². The van der Waals surface area contributed by atoms with E-state index in [0.717, 1.165) is 26.9 Å². The summed E-state index contributed by atoms with van der Waals surface area (Å²) in [6, 6.07) is 13.8. The number of benzene rings is 2. The van der Waals surface area contributed by atoms with Gasteiger partial charge in [0, 0.05) is 54.3 Å². The van der Waals surface area contributed by atoms with E-state index in [1.165, 1.54) is 11.3 Å². The van der Waals surface area contributed by atoms with Gasteiger partial charge in [-0.25, -0.2) is 0 Å². The van der Waals surface area contributed by atoms with E-state index in [-0.39, 0.29) is 24.2 Å². The SMILES string of the molecule is C=Cc1ccc(CN(CCCC(=O)OCC)C(=O)C2(C)CCN2C(=O)c2csc3ccccc23)cc1NC. The van der Waals surface area contributed by atoms with Gasteiger partial charge < -0.3 is 19.9 Å². The summed E-state index contributed by atoms with van der Waals surface area (Å²) in [5, 5.41) is 5.98. The summed E-state index contributed by atoms with van der Waals surface area (Å²) in [5.74, 6) is -0.508. The van der Waals surface area contributed by atoms with Gasteiger partial charge in [-0.15, -0.1) is 11.3 Å². The summed E-state index contributed by atoms with van der Waals surface area (Å²) >= 11 is 1.54. The van der Waals surface area contributed by atoms with Crippen molar-refractivity contribution in [2.24, 2.45) is 0 Å². The van der Waals surface area contributed by atoms with Gasteiger partial charge in [0.15, 0.2) is 0 Å². The van der Waals surface area contributed by atoms with Gasteiger partial charge in [-0.2, -0.15) is 0 Å². The highest BCUT2D eigenvalue weighted by molar-refractivity contribution is 7.17. The molecule has 7 nitrogen and oxygen atoms in total. The molecule has 38 heavy (non-hydrogen) atoms. The predicted octanol–water partition coefficient (Wildman–Crippen LogP) is 5.56. The Kier molecular flexibility index (Phi) is 8.52. The number of carbonyl (C=O) groups is 3. The summed E-state index contributed by atoms with van der Waals surface area (Å²) < 4.78 is 6.12. The minimum absolute atomic E-state index is 0.112. The normalized spacial score (nSPS) is 16.6. The van der Waals surface area contributed by atoms with Crippen molar-refractivity contribution in [1.82, 2.24) is 9.80 Å². The topological polar surface area (TPSA) is 79.0 Å². The zero-order valence-corrected chi connectivity index (χ0v) is 23.1. The highest BCUT2D eigenvalue weighted by atomic mass is 32.1. The number of carbonyl (C=O) groups excluding carboxylic acids is 3. The second kappa shape index (κ2) is 11.8. The van der Waals surface area contributed by atoms with Crippen molar-refractivity contribution in [3.8, 4) is 0 Å². The number of amides is 2. The van der Waals surface area contributed by atoms with Crippen LogP contribution in [0.3, 0.4) is 0 Å². The van der Waals surface area contributed by atoms with Crippen LogP contribution in [0.1, 0.15) is 54.6 Å². The first-order chi connectivity index (χ1) is 18.3. The fourth-order valence-corrected chi connectivity index (χ4v) is 5.89. The number of fused-ring (bicyclic) bond motifs is 1. The maximum absolute atomic E-state index is 14.1. The van der Waals surface area contributed by atoms with E-state index in [0.29, 0.717) is 44.6 Å². The third kappa shape index (κ3) is 5.45. The molecule has 4 rings (SSSR count). The van der Waals surface area contributed by atoms with Crippen molar-refractivity contribution < 1.29 is 19.1 Å². The van der Waals surface area contributed by atoms with Crippen LogP contribution in [0.25, 0.3) is 16.2 Å². The molecule has 2 amide bonds. The molecule has 0 radical (unpaired) electrons. The molecular weight excluding hydrogens is 498 g/mol. The maximum Gasteiger partial charge on any atom is 0.305 e. The number of ether oxygens (including phenoxy) is 1. The minimum atomic E-state index is -0.947. The third-order valence-corrected chi connectivity index (χ3v) is 8.18. The summed E-state index contributed by atoms with van der Waals surface area (Å²) in [6.45, 7) is 9.10. The molecule has 1 atom stereocenters. The van der Waals surface area contributed by atoms with Crippen LogP contribution in [-0.4, -0.2) is 59.9 Å². The zero-order chi connectivity index (χ0) is 27.3. The van der Waals surface area contributed by atoms with Crippen LogP contribution in [0, 0.1) is 0 Å². The van der Waals surface area contributed by atoms with Crippen LogP contribution in [0.2, 0.25) is 0 Å². The zero-order valence-electron chi connectivity index (χ0n) is 22.3. The van der Waals surface area contributed by atoms with Crippen LogP contribution in [0.4, 0.5) is 5.69 Å². The largest absolute Gasteiger partial charge is 0.466 e. The molecule has 0 bridgehead atoms. The summed E-state index contributed by atoms with van der Waals surface area (Å²) in [5.41, 5.74) is 2.54. The molecule has 1 saturated heterocycles. The Morgan fingerprint density at radius 3 is 2.71 bits per heavy atom. The molecule has 2 aromatic carbocycles. The number of hydrogen-bond acceptors (Lipinski definition) is 6. The van der Waals surface area contributed by atoms with Crippen molar-refractivity contribution in [1.29, 1.82) is 0 Å². The minimum Gasteiger partial charge on any atom is -0.466 e. The van der Waals surface area contributed by atoms with Gasteiger partial charge in [0.1, 0.15) is 5.54 Å². The van der Waals surface area contributed by atoms with Gasteiger partial charge in [-0.3, -0.25) is 14.4 Å². The van der Waals surface area contributed by atoms with Crippen molar-refractivity contribution in [2.75, 3.05) is 32.1 Å². The monoisotopic (exact) mass is 533 g/mol. The Morgan fingerprint density at radius 1 is 1.24 bits per heavy atom. The summed E-state index contributed by atoms with van der Waals surface area (Å²) in [4.78, 5) is 43.1. The Balaban J connectivity index is 1.57. The number of anilines is 1. The van der Waals surface area contributed by atoms with Crippen molar-refractivity contribution >= 4 is 51.0 Å². The lowest BCUT2D eigenvalue weighted by Gasteiger charge is -2.51. The first-order valence-electron chi connectivity index (χ1n) is 13.0. The highest BCUT2D eigenvalue weighted by Gasteiger charge is 2.51. The summed E-state index contributed by atoms with van der Waals surface area (Å²) in [7, 11) is 1.85. The average Bonchev–Trinajstić information content (AvgIpc) is 3.35. The van der Waals surface area contributed by atoms with Gasteiger partial charge in [0.2, 0.25) is 5.91 Å². The molecule has 1 aliphatic rings. The van der Waals surface area contributed by atoms with E-state index in [1.807, 2.05) is 61.8 Å². The lowest BCUT2D eigenvalue weighted by atomic mass is 9.84. The molecular formula is C30H35N3O4S. The van der Waals surface area contributed by atoms with Gasteiger partial charge in [0.05, 0.1) is 12.2 Å². The molecule has 0 saturated carbocycles. The number of likely N-dealkylation sites (tertiary alicyclic amines) is 1. The molecule has 1 unspecified atom stereocenters. The number of thiophene rings is 1. The number of nitrogens with zero attached hydrogens (tertiary/aromatic N) is 2. The van der Waals surface area contributed by atoms with Gasteiger partial charge in [0.25, 0.3) is 5.91 Å². The fourth-order valence-electron chi connectivity index (χ4n) is 4.95. The molecule has 0 spiro atoms. The second-order valence-electron chi connectivity index (χ2n) is 9.64. The Bertz CT molecular complexity index is 1350. The Morgan fingerprint density at radius 2 is 2.03 bits per heavy atom. The highest BCUT2D eigenvalue weighted by Crippen LogP contribution is 2.37. The number of esters is 1. The molecule has 3 aromatic rings. The van der Waals surface area contributed by atoms with Crippen LogP contribution in [-0.2, 0) is 20.9 Å². The van der Waals surface area contributed by atoms with Crippen LogP contribution < -0.4 is 5.32 Å². The first kappa shape index (κ1) is 27.4. The van der Waals surface area contributed by atoms with E-state index < -0.39 is 5.54 Å². The smallest absolute Gasteiger partial charge is 0.305 e. The van der Waals surface area contributed by atoms with Crippen molar-refractivity contribution in [3.63, 3.8) is 0 Å². The fraction of sp³-hybridized carbons (Fsp3) is 0.367. The Hall–Kier alpha value is -3.65. The molecule has 1 N–H and O–H groups in total. The lowest BCUT2D eigenvalue weighted by Crippen LogP contribution is -2.67. The maximum atomic E-state index is 14.1. The van der Waals surface area contributed by atoms with Gasteiger partial charge >= 0.3 is 5.97 Å². The van der Waals surface area contributed by atoms with Crippen LogP contribution in [0.5, 0.6) is 0 Å². The second-order valence-corrected chi connectivity index (χ2v) is 10.5. The quantitative estimate of drug-likeness (QED) is 0.327. The third-order valence-electron chi connectivity index (χ3n) is 7.22. The van der Waals surface area contributed by atoms with E-state index in [1.54, 1.807) is 22.8 Å². The van der Waals surface area contributed by atoms with Crippen molar-refractivity contribution in [2.45, 2.75) is 45.2 Å². The Labute approximate surface area is 228 Å². The van der Waals surface area contributed by atoms with Crippen LogP contribution >= 0.6 is 11.3 Å². The standard InChI is InChI=1S/C30H35N3O4S/c1-5-22-14-13-21(18-25(22)31-4)19-32(16-9-12-27(34)37-6-2)29(36)30(3)15-17-33(30)28(35)24-20-38-26-11-8-7-10-23(24)26/h5,7-8,10-11,13-14,18,20,31H,1,6,9,12,15-17,19H2,2-4H3. The van der Waals surface area contributed by atoms with Gasteiger partial charge in [-0.05, 0) is 49.9 Å². The summed E-state index contributed by atoms with van der Waals surface area (Å²) in [6.07, 6.45) is 3.08. The number of hydrogen-bond donors (Lipinski definition) is 1. The molecule has 1 fully saturated rings. The van der Waals surface area contributed by atoms with Crippen molar-refractivity contribution in [3.05, 3.63) is 71.1 Å². The molecule has 8 heteroatoms. The van der Waals surface area contributed by atoms with E-state index >= 15 is 0 Å². The van der Waals surface area contributed by atoms with Gasteiger partial charge in [-0.1, -0.05) is 43.0 Å². The molecule has 1 aliphatic heterocycles. The molecule has 1 aromatic heterocycles. The number of rotatable bonds is 11. The predicted molar refractivity (Wildman–Crippen MR) is 153 cm³/mol. The number of nitrogens with one attached hydrogen (secondary N) is 1. The average molecular weight is 534 g/mol. The molecule has 200 valence electrons. The first-order valence-corrected chi connectivity index (χ1v) is 13.9. The van der Waals surface area contributed by atoms with Crippen LogP contribution in [0.15, 0.2) is 54.4 Å². The van der Waals surface area contributed by atoms with E-state index in [4.69, 9.17) is 4.74 Å². The molecule has 2 heterocycles. The van der Waals surface area contributed by atoms with E-state index in [9.17, 15) is 14.4 Å². The molecule has 0 aliphatic carbocycles.